The van der Waals surface area contributed by atoms with Gasteiger partial charge in [-0.1, -0.05) is 21.6 Å². The summed E-state index contributed by atoms with van der Waals surface area (Å²) in [7, 11) is 4.08. The van der Waals surface area contributed by atoms with Crippen molar-refractivity contribution < 1.29 is 29.4 Å². The van der Waals surface area contributed by atoms with E-state index in [9.17, 15) is 24.3 Å². The largest absolute Gasteiger partial charge is 0.481 e. The molecular weight excluding hydrogens is 354 g/mol. The highest BCUT2D eigenvalue weighted by Gasteiger charge is 2.22. The summed E-state index contributed by atoms with van der Waals surface area (Å²) in [5.74, 6) is -2.24. The molecule has 0 heterocycles. The summed E-state index contributed by atoms with van der Waals surface area (Å²) in [5.41, 5.74) is 0. The van der Waals surface area contributed by atoms with Gasteiger partial charge >= 0.3 is 11.9 Å². The molecule has 138 valence electrons. The summed E-state index contributed by atoms with van der Waals surface area (Å²) in [4.78, 5) is 44.7. The third-order valence-electron chi connectivity index (χ3n) is 3.29. The topological polar surface area (TPSA) is 121 Å². The van der Waals surface area contributed by atoms with Crippen LogP contribution < -0.4 is 5.32 Å². The molecule has 0 aliphatic carbocycles. The predicted octanol–water partition coefficient (Wildman–Crippen LogP) is 1.85. The van der Waals surface area contributed by atoms with Crippen molar-refractivity contribution in [2.75, 3.05) is 18.6 Å². The number of ketones is 2. The summed E-state index contributed by atoms with van der Waals surface area (Å²) in [6, 6.07) is -0.686. The Labute approximate surface area is 149 Å². The SMILES string of the molecule is CNC(CSSCC(CC(=O)CCCCC(C)=O)C(=O)O)C(=O)O. The van der Waals surface area contributed by atoms with Crippen LogP contribution in [0.1, 0.15) is 39.0 Å². The van der Waals surface area contributed by atoms with E-state index in [1.807, 2.05) is 0 Å². The Hall–Kier alpha value is -1.06. The summed E-state index contributed by atoms with van der Waals surface area (Å²) in [6.45, 7) is 1.50. The van der Waals surface area contributed by atoms with Crippen LogP contribution in [-0.2, 0) is 19.2 Å². The lowest BCUT2D eigenvalue weighted by Gasteiger charge is -2.13. The molecule has 0 aliphatic heterocycles. The van der Waals surface area contributed by atoms with Crippen LogP contribution in [0.25, 0.3) is 0 Å². The monoisotopic (exact) mass is 379 g/mol. The minimum absolute atomic E-state index is 0.0304. The van der Waals surface area contributed by atoms with Crippen LogP contribution in [-0.4, -0.2) is 58.3 Å². The average molecular weight is 380 g/mol. The van der Waals surface area contributed by atoms with E-state index >= 15 is 0 Å². The minimum Gasteiger partial charge on any atom is -0.481 e. The van der Waals surface area contributed by atoms with Gasteiger partial charge in [-0.25, -0.2) is 0 Å². The van der Waals surface area contributed by atoms with Gasteiger partial charge in [0.15, 0.2) is 0 Å². The first-order chi connectivity index (χ1) is 11.3. The van der Waals surface area contributed by atoms with Gasteiger partial charge in [0.1, 0.15) is 17.6 Å². The fourth-order valence-electron chi connectivity index (χ4n) is 1.82. The maximum Gasteiger partial charge on any atom is 0.321 e. The third-order valence-corrected chi connectivity index (χ3v) is 5.78. The zero-order valence-corrected chi connectivity index (χ0v) is 15.6. The molecule has 0 fully saturated rings. The predicted molar refractivity (Wildman–Crippen MR) is 95.3 cm³/mol. The molecule has 0 saturated heterocycles. The zero-order chi connectivity index (χ0) is 18.5. The molecule has 0 spiro atoms. The zero-order valence-electron chi connectivity index (χ0n) is 13.9. The number of carboxylic acids is 2. The van der Waals surface area contributed by atoms with Crippen molar-refractivity contribution in [2.45, 2.75) is 45.1 Å². The van der Waals surface area contributed by atoms with Crippen molar-refractivity contribution in [1.29, 1.82) is 0 Å². The van der Waals surface area contributed by atoms with Gasteiger partial charge in [0.25, 0.3) is 0 Å². The Morgan fingerprint density at radius 2 is 1.54 bits per heavy atom. The number of carbonyl (C=O) groups is 4. The van der Waals surface area contributed by atoms with Crippen LogP contribution in [0.3, 0.4) is 0 Å². The number of unbranched alkanes of at least 4 members (excludes halogenated alkanes) is 1. The number of likely N-dealkylation sites (N-methyl/N-ethyl adjacent to an activating group) is 1. The highest BCUT2D eigenvalue weighted by Crippen LogP contribution is 2.26. The number of hydrogen-bond acceptors (Lipinski definition) is 7. The molecule has 0 amide bonds. The molecular formula is C15H25NO6S2. The third kappa shape index (κ3) is 11.5. The van der Waals surface area contributed by atoms with Gasteiger partial charge in [0.05, 0.1) is 5.92 Å². The second-order valence-electron chi connectivity index (χ2n) is 5.44. The van der Waals surface area contributed by atoms with Crippen molar-refractivity contribution in [3.05, 3.63) is 0 Å². The van der Waals surface area contributed by atoms with E-state index in [0.717, 1.165) is 0 Å². The van der Waals surface area contributed by atoms with Crippen molar-refractivity contribution in [2.24, 2.45) is 5.92 Å². The number of Topliss-reactive ketones (excluding diaryl/α,β-unsaturated/α-hetero) is 2. The van der Waals surface area contributed by atoms with Crippen molar-refractivity contribution in [3.8, 4) is 0 Å². The van der Waals surface area contributed by atoms with Gasteiger partial charge in [0.2, 0.25) is 0 Å². The maximum atomic E-state index is 11.8. The lowest BCUT2D eigenvalue weighted by molar-refractivity contribution is -0.143. The van der Waals surface area contributed by atoms with E-state index in [4.69, 9.17) is 5.11 Å². The highest BCUT2D eigenvalue weighted by molar-refractivity contribution is 8.76. The van der Waals surface area contributed by atoms with Crippen LogP contribution in [0.5, 0.6) is 0 Å². The van der Waals surface area contributed by atoms with E-state index < -0.39 is 23.9 Å². The van der Waals surface area contributed by atoms with Crippen LogP contribution in [0.15, 0.2) is 0 Å². The van der Waals surface area contributed by atoms with E-state index in [1.54, 1.807) is 7.05 Å². The van der Waals surface area contributed by atoms with Gasteiger partial charge < -0.3 is 20.3 Å². The second kappa shape index (κ2) is 13.3. The fourth-order valence-corrected chi connectivity index (χ4v) is 4.36. The van der Waals surface area contributed by atoms with E-state index in [2.05, 4.69) is 5.32 Å². The molecule has 0 aromatic heterocycles. The maximum absolute atomic E-state index is 11.8. The molecule has 2 atom stereocenters. The fraction of sp³-hybridized carbons (Fsp3) is 0.733. The summed E-state index contributed by atoms with van der Waals surface area (Å²) < 4.78 is 0. The highest BCUT2D eigenvalue weighted by atomic mass is 33.1. The van der Waals surface area contributed by atoms with E-state index in [0.29, 0.717) is 25.0 Å². The molecule has 0 rings (SSSR count). The Kier molecular flexibility index (Phi) is 12.7. The lowest BCUT2D eigenvalue weighted by Crippen LogP contribution is -2.35. The smallest absolute Gasteiger partial charge is 0.321 e. The molecule has 0 aliphatic rings. The second-order valence-corrected chi connectivity index (χ2v) is 7.99. The van der Waals surface area contributed by atoms with Gasteiger partial charge in [-0.15, -0.1) is 0 Å². The normalized spacial score (nSPS) is 13.2. The first kappa shape index (κ1) is 22.9. The van der Waals surface area contributed by atoms with E-state index in [-0.39, 0.29) is 30.2 Å². The molecule has 2 unspecified atom stereocenters. The Bertz CT molecular complexity index is 444. The molecule has 0 radical (unpaired) electrons. The molecule has 9 heteroatoms. The molecule has 0 aromatic carbocycles. The molecule has 3 N–H and O–H groups in total. The van der Waals surface area contributed by atoms with E-state index in [1.165, 1.54) is 28.5 Å². The summed E-state index contributed by atoms with van der Waals surface area (Å²) >= 11 is 0. The van der Waals surface area contributed by atoms with Crippen LogP contribution in [0.2, 0.25) is 0 Å². The number of rotatable bonds is 15. The van der Waals surface area contributed by atoms with Crippen LogP contribution in [0, 0.1) is 5.92 Å². The summed E-state index contributed by atoms with van der Waals surface area (Å²) in [5, 5.41) is 20.7. The molecule has 0 bridgehead atoms. The van der Waals surface area contributed by atoms with Gasteiger partial charge in [-0.05, 0) is 26.8 Å². The molecule has 0 saturated carbocycles. The minimum atomic E-state index is -1.02. The average Bonchev–Trinajstić information content (AvgIpc) is 2.49. The van der Waals surface area contributed by atoms with Crippen LogP contribution >= 0.6 is 21.6 Å². The first-order valence-electron chi connectivity index (χ1n) is 7.66. The lowest BCUT2D eigenvalue weighted by atomic mass is 10.0. The number of carbonyl (C=O) groups excluding carboxylic acids is 2. The number of aliphatic carboxylic acids is 2. The van der Waals surface area contributed by atoms with Gasteiger partial charge in [-0.2, -0.15) is 0 Å². The van der Waals surface area contributed by atoms with Crippen LogP contribution in [0.4, 0.5) is 0 Å². The standard InChI is InChI=1S/C15H25NO6S2/c1-10(17)5-3-4-6-12(18)7-11(14(19)20)8-23-24-9-13(16-2)15(21)22/h11,13,16H,3-9H2,1-2H3,(H,19,20)(H,21,22). The Balaban J connectivity index is 4.08. The van der Waals surface area contributed by atoms with Crippen molar-refractivity contribution in [3.63, 3.8) is 0 Å². The number of hydrogen-bond donors (Lipinski definition) is 3. The van der Waals surface area contributed by atoms with Crippen molar-refractivity contribution >= 4 is 45.1 Å². The quantitative estimate of drug-likeness (QED) is 0.289. The summed E-state index contributed by atoms with van der Waals surface area (Å²) in [6.07, 6.45) is 1.94. The number of carboxylic acid groups (broad SMARTS) is 2. The Morgan fingerprint density at radius 3 is 2.04 bits per heavy atom. The molecule has 7 nitrogen and oxygen atoms in total. The van der Waals surface area contributed by atoms with Gasteiger partial charge in [-0.3, -0.25) is 14.4 Å². The Morgan fingerprint density at radius 1 is 0.958 bits per heavy atom. The first-order valence-corrected chi connectivity index (χ1v) is 10.1. The van der Waals surface area contributed by atoms with Gasteiger partial charge in [0, 0.05) is 30.8 Å². The number of nitrogens with one attached hydrogen (secondary N) is 1. The van der Waals surface area contributed by atoms with Crippen molar-refractivity contribution in [1.82, 2.24) is 5.32 Å². The molecule has 0 aromatic rings. The molecule has 24 heavy (non-hydrogen) atoms.